The third kappa shape index (κ3) is 4.62. The number of aromatic nitrogens is 4. The summed E-state index contributed by atoms with van der Waals surface area (Å²) in [6.45, 7) is 5.26. The van der Waals surface area contributed by atoms with Crippen LogP contribution >= 0.6 is 0 Å². The normalized spacial score (nSPS) is 14.0. The van der Waals surface area contributed by atoms with Gasteiger partial charge in [-0.05, 0) is 26.1 Å². The van der Waals surface area contributed by atoms with E-state index < -0.39 is 11.9 Å². The number of benzene rings is 1. The van der Waals surface area contributed by atoms with Crippen molar-refractivity contribution in [3.8, 4) is 6.07 Å². The Morgan fingerprint density at radius 3 is 2.74 bits per heavy atom. The van der Waals surface area contributed by atoms with Crippen LogP contribution in [-0.2, 0) is 4.74 Å². The molecule has 1 amide bonds. The van der Waals surface area contributed by atoms with Gasteiger partial charge in [-0.1, -0.05) is 0 Å². The van der Waals surface area contributed by atoms with Gasteiger partial charge in [0.15, 0.2) is 23.0 Å². The van der Waals surface area contributed by atoms with Gasteiger partial charge in [0.2, 0.25) is 5.95 Å². The van der Waals surface area contributed by atoms with Crippen molar-refractivity contribution in [2.24, 2.45) is 0 Å². The largest absolute Gasteiger partial charge is 0.453 e. The average molecular weight is 468 g/mol. The molecule has 178 valence electrons. The molecule has 2 aromatic heterocycles. The van der Waals surface area contributed by atoms with Crippen LogP contribution in [0.1, 0.15) is 12.6 Å². The fraction of sp³-hybridized carbons (Fsp3) is 0.381. The number of rotatable bonds is 6. The second kappa shape index (κ2) is 9.75. The van der Waals surface area contributed by atoms with Crippen LogP contribution in [-0.4, -0.2) is 77.5 Å². The number of piperazine rings is 1. The lowest BCUT2D eigenvalue weighted by Crippen LogP contribution is -2.44. The Bertz CT molecular complexity index is 1250. The number of hydrogen-bond acceptors (Lipinski definition) is 10. The molecule has 0 spiro atoms. The predicted molar refractivity (Wildman–Crippen MR) is 125 cm³/mol. The number of methoxy groups -OCH3 is 1. The summed E-state index contributed by atoms with van der Waals surface area (Å²) in [5, 5.41) is 22.3. The number of ether oxygens (including phenoxy) is 1. The SMILES string of the molecule is CCNc1nc(Nc2cc(NC(=O)OC)cc(N3CCN(C)CC3)c2F)nn2c(C#N)cnc12. The smallest absolute Gasteiger partial charge is 0.411 e. The molecular weight excluding hydrogens is 443 g/mol. The van der Waals surface area contributed by atoms with E-state index >= 15 is 4.39 Å². The molecule has 0 atom stereocenters. The summed E-state index contributed by atoms with van der Waals surface area (Å²) in [5.41, 5.74) is 1.32. The molecule has 3 heterocycles. The number of nitrogens with one attached hydrogen (secondary N) is 3. The van der Waals surface area contributed by atoms with Crippen molar-refractivity contribution in [3.05, 3.63) is 29.8 Å². The molecule has 1 fully saturated rings. The van der Waals surface area contributed by atoms with Gasteiger partial charge in [-0.3, -0.25) is 5.32 Å². The summed E-state index contributed by atoms with van der Waals surface area (Å²) in [7, 11) is 3.26. The summed E-state index contributed by atoms with van der Waals surface area (Å²) in [6.07, 6.45) is 0.716. The zero-order valence-corrected chi connectivity index (χ0v) is 19.1. The van der Waals surface area contributed by atoms with Gasteiger partial charge in [-0.15, -0.1) is 5.10 Å². The van der Waals surface area contributed by atoms with Crippen LogP contribution in [0, 0.1) is 17.1 Å². The molecule has 4 rings (SSSR count). The van der Waals surface area contributed by atoms with Crippen molar-refractivity contribution in [2.75, 3.05) is 67.7 Å². The zero-order chi connectivity index (χ0) is 24.2. The summed E-state index contributed by atoms with van der Waals surface area (Å²) < 4.78 is 21.7. The van der Waals surface area contributed by atoms with Gasteiger partial charge in [0.25, 0.3) is 0 Å². The lowest BCUT2D eigenvalue weighted by molar-refractivity contribution is 0.187. The maximum absolute atomic E-state index is 15.7. The molecule has 0 bridgehead atoms. The van der Waals surface area contributed by atoms with E-state index in [9.17, 15) is 10.1 Å². The summed E-state index contributed by atoms with van der Waals surface area (Å²) in [4.78, 5) is 24.5. The molecule has 1 aliphatic heterocycles. The first-order chi connectivity index (χ1) is 16.4. The molecular formula is C21H25FN10O2. The molecule has 1 saturated heterocycles. The quantitative estimate of drug-likeness (QED) is 0.494. The fourth-order valence-corrected chi connectivity index (χ4v) is 3.64. The molecule has 3 N–H and O–H groups in total. The number of imidazole rings is 1. The minimum Gasteiger partial charge on any atom is -0.453 e. The second-order valence-electron chi connectivity index (χ2n) is 7.69. The Hall–Kier alpha value is -4.18. The van der Waals surface area contributed by atoms with Crippen LogP contribution in [0.15, 0.2) is 18.3 Å². The fourth-order valence-electron chi connectivity index (χ4n) is 3.64. The molecule has 13 heteroatoms. The highest BCUT2D eigenvalue weighted by Gasteiger charge is 2.22. The Kier molecular flexibility index (Phi) is 6.60. The third-order valence-electron chi connectivity index (χ3n) is 5.40. The molecule has 0 aliphatic carbocycles. The first-order valence-corrected chi connectivity index (χ1v) is 10.7. The Morgan fingerprint density at radius 1 is 1.29 bits per heavy atom. The van der Waals surface area contributed by atoms with Gasteiger partial charge in [-0.25, -0.2) is 14.2 Å². The number of carbonyl (C=O) groups is 1. The van der Waals surface area contributed by atoms with Crippen molar-refractivity contribution < 1.29 is 13.9 Å². The number of nitrogens with zero attached hydrogens (tertiary/aromatic N) is 7. The minimum atomic E-state index is -0.675. The standard InChI is InChI=1S/C21H25FN10O2/c1-4-24-18-19-25-12-14(11-23)32(19)29-20(28-18)27-15-9-13(26-21(33)34-3)10-16(17(15)22)31-7-5-30(2)6-8-31/h9-10,12H,4-8H2,1-3H3,(H,26,33)(H2,24,27,28,29). The maximum atomic E-state index is 15.7. The molecule has 3 aromatic rings. The second-order valence-corrected chi connectivity index (χ2v) is 7.69. The zero-order valence-electron chi connectivity index (χ0n) is 19.1. The first-order valence-electron chi connectivity index (χ1n) is 10.7. The maximum Gasteiger partial charge on any atom is 0.411 e. The average Bonchev–Trinajstić information content (AvgIpc) is 3.25. The number of fused-ring (bicyclic) bond motifs is 1. The van der Waals surface area contributed by atoms with Gasteiger partial charge in [0, 0.05) is 38.4 Å². The monoisotopic (exact) mass is 468 g/mol. The van der Waals surface area contributed by atoms with Crippen molar-refractivity contribution in [3.63, 3.8) is 0 Å². The lowest BCUT2D eigenvalue weighted by atomic mass is 10.2. The van der Waals surface area contributed by atoms with Crippen LogP contribution in [0.2, 0.25) is 0 Å². The molecule has 0 saturated carbocycles. The molecule has 1 aromatic carbocycles. The van der Waals surface area contributed by atoms with E-state index in [2.05, 4.69) is 35.9 Å². The number of carbonyl (C=O) groups excluding carboxylic acids is 1. The summed E-state index contributed by atoms with van der Waals surface area (Å²) >= 11 is 0. The lowest BCUT2D eigenvalue weighted by Gasteiger charge is -2.34. The van der Waals surface area contributed by atoms with E-state index in [0.29, 0.717) is 42.5 Å². The van der Waals surface area contributed by atoms with E-state index in [1.54, 1.807) is 6.07 Å². The minimum absolute atomic E-state index is 0.0522. The number of anilines is 5. The Balaban J connectivity index is 1.76. The number of likely N-dealkylation sites (N-methyl/N-ethyl adjacent to an activating group) is 1. The van der Waals surface area contributed by atoms with E-state index in [-0.39, 0.29) is 17.3 Å². The molecule has 0 unspecified atom stereocenters. The summed E-state index contributed by atoms with van der Waals surface area (Å²) in [6, 6.07) is 5.03. The van der Waals surface area contributed by atoms with Crippen LogP contribution in [0.4, 0.5) is 38.0 Å². The molecule has 1 aliphatic rings. The van der Waals surface area contributed by atoms with Gasteiger partial charge in [-0.2, -0.15) is 14.8 Å². The molecule has 12 nitrogen and oxygen atoms in total. The third-order valence-corrected chi connectivity index (χ3v) is 5.40. The number of halogens is 1. The van der Waals surface area contributed by atoms with Crippen LogP contribution < -0.4 is 20.9 Å². The molecule has 34 heavy (non-hydrogen) atoms. The highest BCUT2D eigenvalue weighted by atomic mass is 19.1. The summed E-state index contributed by atoms with van der Waals surface area (Å²) in [5.74, 6) is -0.0683. The van der Waals surface area contributed by atoms with Crippen molar-refractivity contribution in [1.29, 1.82) is 5.26 Å². The highest BCUT2D eigenvalue weighted by Crippen LogP contribution is 2.33. The first kappa shape index (κ1) is 23.0. The van der Waals surface area contributed by atoms with Gasteiger partial charge < -0.3 is 25.2 Å². The number of nitriles is 1. The number of hydrogen-bond donors (Lipinski definition) is 3. The van der Waals surface area contributed by atoms with E-state index in [1.807, 2.05) is 24.9 Å². The van der Waals surface area contributed by atoms with Crippen LogP contribution in [0.5, 0.6) is 0 Å². The van der Waals surface area contributed by atoms with Gasteiger partial charge >= 0.3 is 6.09 Å². The topological polar surface area (TPSA) is 136 Å². The van der Waals surface area contributed by atoms with E-state index in [1.165, 1.54) is 23.9 Å². The van der Waals surface area contributed by atoms with Crippen molar-refractivity contribution in [2.45, 2.75) is 6.92 Å². The van der Waals surface area contributed by atoms with Gasteiger partial charge in [0.1, 0.15) is 6.07 Å². The predicted octanol–water partition coefficient (Wildman–Crippen LogP) is 2.24. The van der Waals surface area contributed by atoms with Gasteiger partial charge in [0.05, 0.1) is 24.7 Å². The van der Waals surface area contributed by atoms with E-state index in [4.69, 9.17) is 4.74 Å². The van der Waals surface area contributed by atoms with Crippen molar-refractivity contribution >= 4 is 40.6 Å². The Labute approximate surface area is 195 Å². The Morgan fingerprint density at radius 2 is 2.06 bits per heavy atom. The number of amides is 1. The van der Waals surface area contributed by atoms with Crippen LogP contribution in [0.25, 0.3) is 5.65 Å². The van der Waals surface area contributed by atoms with Crippen molar-refractivity contribution in [1.82, 2.24) is 24.5 Å². The highest BCUT2D eigenvalue weighted by molar-refractivity contribution is 5.87. The van der Waals surface area contributed by atoms with Crippen LogP contribution in [0.3, 0.4) is 0 Å². The van der Waals surface area contributed by atoms with E-state index in [0.717, 1.165) is 13.1 Å². The molecule has 0 radical (unpaired) electrons.